The number of carbonyl (C=O) groups is 3. The molecule has 1 unspecified atom stereocenters. The maximum absolute atomic E-state index is 13.1. The maximum atomic E-state index is 13.1. The molecule has 0 aliphatic carbocycles. The fourth-order valence-electron chi connectivity index (χ4n) is 3.44. The molecule has 0 radical (unpaired) electrons. The van der Waals surface area contributed by atoms with Crippen LogP contribution in [0.3, 0.4) is 0 Å². The van der Waals surface area contributed by atoms with Gasteiger partial charge in [0.15, 0.2) is 0 Å². The average molecular weight is 494 g/mol. The zero-order valence-electron chi connectivity index (χ0n) is 18.7. The Morgan fingerprint density at radius 1 is 0.943 bits per heavy atom. The highest BCUT2D eigenvalue weighted by Crippen LogP contribution is 2.22. The van der Waals surface area contributed by atoms with Crippen molar-refractivity contribution in [2.45, 2.75) is 31.7 Å². The number of nitrogens with one attached hydrogen (secondary N) is 2. The van der Waals surface area contributed by atoms with Crippen LogP contribution < -0.4 is 15.5 Å². The summed E-state index contributed by atoms with van der Waals surface area (Å²) >= 11 is 5.96. The van der Waals surface area contributed by atoms with Crippen LogP contribution in [0.25, 0.3) is 0 Å². The number of carbonyl (C=O) groups excluding carboxylic acids is 3. The first-order valence-corrected chi connectivity index (χ1v) is 11.4. The van der Waals surface area contributed by atoms with Gasteiger partial charge in [0, 0.05) is 11.4 Å². The number of alkyl carbamates (subject to hydrolysis) is 1. The Morgan fingerprint density at radius 2 is 1.60 bits per heavy atom. The first-order valence-electron chi connectivity index (χ1n) is 11.0. The Balaban J connectivity index is 1.41. The molecule has 35 heavy (non-hydrogen) atoms. The smallest absolute Gasteiger partial charge is 0.408 e. The fraction of sp³-hybridized carbons (Fsp3) is 0.192. The van der Waals surface area contributed by atoms with Gasteiger partial charge in [-0.2, -0.15) is 0 Å². The molecule has 4 rings (SSSR count). The Bertz CT molecular complexity index is 1160. The van der Waals surface area contributed by atoms with Crippen LogP contribution in [0.1, 0.15) is 17.5 Å². The van der Waals surface area contributed by atoms with Gasteiger partial charge in [-0.25, -0.2) is 9.80 Å². The number of β-lactam (4-membered cyclic amide) rings is 1. The van der Waals surface area contributed by atoms with Gasteiger partial charge in [0.25, 0.3) is 5.91 Å². The number of halogens is 1. The van der Waals surface area contributed by atoms with Crippen LogP contribution in [-0.2, 0) is 27.4 Å². The van der Waals surface area contributed by atoms with Crippen molar-refractivity contribution in [2.24, 2.45) is 0 Å². The number of ether oxygens (including phenoxy) is 2. The quantitative estimate of drug-likeness (QED) is 0.441. The summed E-state index contributed by atoms with van der Waals surface area (Å²) in [7, 11) is 0. The molecule has 3 amide bonds. The van der Waals surface area contributed by atoms with E-state index in [0.29, 0.717) is 10.8 Å². The molecule has 2 N–H and O–H groups in total. The monoisotopic (exact) mass is 493 g/mol. The lowest BCUT2D eigenvalue weighted by Crippen LogP contribution is -2.65. The normalized spacial score (nSPS) is 15.5. The molecule has 8 nitrogen and oxygen atoms in total. The van der Waals surface area contributed by atoms with E-state index in [1.54, 1.807) is 36.4 Å². The summed E-state index contributed by atoms with van der Waals surface area (Å²) in [4.78, 5) is 37.8. The van der Waals surface area contributed by atoms with Crippen LogP contribution in [-0.4, -0.2) is 35.2 Å². The number of hydrazine groups is 1. The third-order valence-electron chi connectivity index (χ3n) is 5.33. The highest BCUT2D eigenvalue weighted by atomic mass is 35.5. The summed E-state index contributed by atoms with van der Waals surface area (Å²) in [5, 5.41) is 4.28. The lowest BCUT2D eigenvalue weighted by Gasteiger charge is -2.40. The Labute approximate surface area is 207 Å². The third-order valence-corrected chi connectivity index (χ3v) is 5.58. The number of amides is 3. The van der Waals surface area contributed by atoms with Gasteiger partial charge in [-0.05, 0) is 35.4 Å². The zero-order chi connectivity index (χ0) is 24.6. The Morgan fingerprint density at radius 3 is 2.26 bits per heavy atom. The predicted molar refractivity (Wildman–Crippen MR) is 129 cm³/mol. The number of benzene rings is 3. The molecule has 1 fully saturated rings. The number of nitrogens with zero attached hydrogens (tertiary/aromatic N) is 1. The molecule has 1 aliphatic rings. The van der Waals surface area contributed by atoms with E-state index in [4.69, 9.17) is 21.1 Å². The summed E-state index contributed by atoms with van der Waals surface area (Å²) in [5.74, 6) is -0.299. The van der Waals surface area contributed by atoms with E-state index in [9.17, 15) is 14.4 Å². The first kappa shape index (κ1) is 24.1. The minimum absolute atomic E-state index is 0.0551. The van der Waals surface area contributed by atoms with E-state index in [-0.39, 0.29) is 25.4 Å². The molecule has 0 spiro atoms. The van der Waals surface area contributed by atoms with Crippen molar-refractivity contribution in [1.29, 1.82) is 0 Å². The van der Waals surface area contributed by atoms with Gasteiger partial charge in [0.2, 0.25) is 12.1 Å². The second kappa shape index (κ2) is 11.4. The summed E-state index contributed by atoms with van der Waals surface area (Å²) in [6.07, 6.45) is -1.11. The number of hydrogen-bond acceptors (Lipinski definition) is 5. The summed E-state index contributed by atoms with van der Waals surface area (Å²) < 4.78 is 11.1. The number of rotatable bonds is 9. The third kappa shape index (κ3) is 6.74. The molecule has 180 valence electrons. The molecule has 1 aliphatic heterocycles. The standard InChI is InChI=1S/C26H24ClN3O5/c27-20-13-11-18(12-14-20)15-22(28-26(33)34-17-19-7-3-1-4-8-19)25(32)29-30-23(31)16-24(30)35-21-9-5-2-6-10-21/h1-14,22,24H,15-17H2,(H,28,33)(H,29,32)/t22-,24?/m0/s1. The predicted octanol–water partition coefficient (Wildman–Crippen LogP) is 3.85. The van der Waals surface area contributed by atoms with Crippen molar-refractivity contribution in [2.75, 3.05) is 0 Å². The molecule has 1 heterocycles. The van der Waals surface area contributed by atoms with Crippen molar-refractivity contribution in [3.63, 3.8) is 0 Å². The molecule has 0 bridgehead atoms. The zero-order valence-corrected chi connectivity index (χ0v) is 19.5. The van der Waals surface area contributed by atoms with Crippen LogP contribution in [0.4, 0.5) is 4.79 Å². The molecule has 9 heteroatoms. The van der Waals surface area contributed by atoms with E-state index in [1.807, 2.05) is 48.5 Å². The lowest BCUT2D eigenvalue weighted by molar-refractivity contribution is -0.173. The minimum Gasteiger partial charge on any atom is -0.468 e. The van der Waals surface area contributed by atoms with E-state index in [1.165, 1.54) is 0 Å². The summed E-state index contributed by atoms with van der Waals surface area (Å²) in [6, 6.07) is 24.1. The molecular weight excluding hydrogens is 470 g/mol. The van der Waals surface area contributed by atoms with Gasteiger partial charge in [-0.3, -0.25) is 15.0 Å². The van der Waals surface area contributed by atoms with Crippen molar-refractivity contribution >= 4 is 29.5 Å². The second-order valence-electron chi connectivity index (χ2n) is 7.92. The van der Waals surface area contributed by atoms with Crippen molar-refractivity contribution in [3.05, 3.63) is 101 Å². The molecule has 1 saturated heterocycles. The van der Waals surface area contributed by atoms with E-state index >= 15 is 0 Å². The second-order valence-corrected chi connectivity index (χ2v) is 8.36. The van der Waals surface area contributed by atoms with Crippen LogP contribution in [0.15, 0.2) is 84.9 Å². The Kier molecular flexibility index (Phi) is 7.84. The van der Waals surface area contributed by atoms with E-state index < -0.39 is 24.3 Å². The first-order chi connectivity index (χ1) is 17.0. The highest BCUT2D eigenvalue weighted by molar-refractivity contribution is 6.30. The van der Waals surface area contributed by atoms with Gasteiger partial charge in [-0.15, -0.1) is 0 Å². The van der Waals surface area contributed by atoms with Crippen molar-refractivity contribution < 1.29 is 23.9 Å². The molecule has 0 aromatic heterocycles. The molecule has 3 aromatic carbocycles. The van der Waals surface area contributed by atoms with Gasteiger partial charge in [0.1, 0.15) is 18.4 Å². The molecule has 3 aromatic rings. The van der Waals surface area contributed by atoms with Crippen LogP contribution in [0.2, 0.25) is 5.02 Å². The van der Waals surface area contributed by atoms with Crippen LogP contribution in [0.5, 0.6) is 5.75 Å². The summed E-state index contributed by atoms with van der Waals surface area (Å²) in [5.41, 5.74) is 4.15. The summed E-state index contributed by atoms with van der Waals surface area (Å²) in [6.45, 7) is 0.0551. The van der Waals surface area contributed by atoms with Gasteiger partial charge in [0.05, 0.1) is 6.42 Å². The van der Waals surface area contributed by atoms with Crippen LogP contribution >= 0.6 is 11.6 Å². The van der Waals surface area contributed by atoms with Crippen LogP contribution in [0, 0.1) is 0 Å². The average Bonchev–Trinajstić information content (AvgIpc) is 2.88. The molecular formula is C26H24ClN3O5. The van der Waals surface area contributed by atoms with E-state index in [2.05, 4.69) is 10.7 Å². The largest absolute Gasteiger partial charge is 0.468 e. The fourth-order valence-corrected chi connectivity index (χ4v) is 3.57. The molecule has 0 saturated carbocycles. The highest BCUT2D eigenvalue weighted by Gasteiger charge is 2.40. The van der Waals surface area contributed by atoms with Gasteiger partial charge in [-0.1, -0.05) is 72.3 Å². The van der Waals surface area contributed by atoms with Crippen molar-refractivity contribution in [3.8, 4) is 5.75 Å². The van der Waals surface area contributed by atoms with Gasteiger partial charge < -0.3 is 14.8 Å². The number of hydrogen-bond donors (Lipinski definition) is 2. The topological polar surface area (TPSA) is 97.0 Å². The van der Waals surface area contributed by atoms with Crippen molar-refractivity contribution in [1.82, 2.24) is 15.8 Å². The SMILES string of the molecule is O=C(N[C@@H](Cc1ccc(Cl)cc1)C(=O)NN1C(=O)CC1Oc1ccccc1)OCc1ccccc1. The molecule has 2 atom stereocenters. The van der Waals surface area contributed by atoms with Gasteiger partial charge >= 0.3 is 6.09 Å². The minimum atomic E-state index is -1.01. The lowest BCUT2D eigenvalue weighted by atomic mass is 10.1. The Hall–Kier alpha value is -4.04. The number of para-hydroxylation sites is 1. The van der Waals surface area contributed by atoms with E-state index in [0.717, 1.165) is 16.1 Å². The maximum Gasteiger partial charge on any atom is 0.408 e.